The van der Waals surface area contributed by atoms with Crippen LogP contribution in [0.5, 0.6) is 5.75 Å². The highest BCUT2D eigenvalue weighted by Crippen LogP contribution is 2.12. The second kappa shape index (κ2) is 6.90. The molecule has 0 aliphatic rings. The Morgan fingerprint density at radius 3 is 2.67 bits per heavy atom. The lowest BCUT2D eigenvalue weighted by atomic mass is 10.2. The van der Waals surface area contributed by atoms with E-state index < -0.39 is 12.0 Å². The summed E-state index contributed by atoms with van der Waals surface area (Å²) < 4.78 is 11.7. The van der Waals surface area contributed by atoms with Gasteiger partial charge < -0.3 is 19.8 Å². The van der Waals surface area contributed by atoms with Crippen LogP contribution in [-0.4, -0.2) is 35.8 Å². The minimum absolute atomic E-state index is 0.363. The first-order valence-electron chi connectivity index (χ1n) is 6.59. The zero-order valence-electron chi connectivity index (χ0n) is 12.2. The van der Waals surface area contributed by atoms with Crippen molar-refractivity contribution in [2.24, 2.45) is 5.73 Å². The normalized spacial score (nSPS) is 12.0. The van der Waals surface area contributed by atoms with Crippen molar-refractivity contribution in [1.29, 1.82) is 0 Å². The summed E-state index contributed by atoms with van der Waals surface area (Å²) in [6, 6.07) is 7.15. The molecule has 1 aromatic heterocycles. The van der Waals surface area contributed by atoms with E-state index in [1.807, 2.05) is 35.0 Å². The fraction of sp³-hybridized carbons (Fsp3) is 0.333. The molecule has 2 aromatic rings. The van der Waals surface area contributed by atoms with Gasteiger partial charge in [0.1, 0.15) is 11.8 Å². The third kappa shape index (κ3) is 4.06. The number of ether oxygens (including phenoxy) is 2. The molecular formula is C15H19N3O3. The van der Waals surface area contributed by atoms with E-state index in [-0.39, 0.29) is 0 Å². The van der Waals surface area contributed by atoms with Crippen LogP contribution in [0, 0.1) is 0 Å². The molecule has 112 valence electrons. The molecule has 6 nitrogen and oxygen atoms in total. The van der Waals surface area contributed by atoms with Crippen LogP contribution in [0.1, 0.15) is 11.3 Å². The van der Waals surface area contributed by atoms with Gasteiger partial charge in [0.2, 0.25) is 0 Å². The molecule has 0 amide bonds. The van der Waals surface area contributed by atoms with Crippen molar-refractivity contribution in [3.63, 3.8) is 0 Å². The first kappa shape index (κ1) is 15.1. The van der Waals surface area contributed by atoms with Gasteiger partial charge in [0, 0.05) is 19.2 Å². The molecule has 6 heteroatoms. The van der Waals surface area contributed by atoms with Crippen molar-refractivity contribution >= 4 is 5.97 Å². The summed E-state index contributed by atoms with van der Waals surface area (Å²) in [5, 5.41) is 0. The van der Waals surface area contributed by atoms with E-state index in [0.717, 1.165) is 17.0 Å². The molecular weight excluding hydrogens is 270 g/mol. The third-order valence-corrected chi connectivity index (χ3v) is 3.14. The molecule has 0 aliphatic carbocycles. The number of rotatable bonds is 6. The smallest absolute Gasteiger partial charge is 0.323 e. The highest BCUT2D eigenvalue weighted by atomic mass is 16.5. The minimum atomic E-state index is -0.681. The SMILES string of the molecule is COC(=O)C(N)Cc1cn(Cc2ccc(OC)cc2)cn1. The fourth-order valence-electron chi connectivity index (χ4n) is 2.00. The first-order chi connectivity index (χ1) is 10.1. The van der Waals surface area contributed by atoms with Gasteiger partial charge in [-0.2, -0.15) is 0 Å². The number of carbonyl (C=O) groups is 1. The van der Waals surface area contributed by atoms with Gasteiger partial charge in [-0.1, -0.05) is 12.1 Å². The Kier molecular flexibility index (Phi) is 4.94. The zero-order chi connectivity index (χ0) is 15.2. The number of benzene rings is 1. The first-order valence-corrected chi connectivity index (χ1v) is 6.59. The van der Waals surface area contributed by atoms with E-state index in [4.69, 9.17) is 10.5 Å². The summed E-state index contributed by atoms with van der Waals surface area (Å²) in [6.07, 6.45) is 3.97. The van der Waals surface area contributed by atoms with Gasteiger partial charge >= 0.3 is 5.97 Å². The second-order valence-corrected chi connectivity index (χ2v) is 4.72. The van der Waals surface area contributed by atoms with E-state index in [1.54, 1.807) is 13.4 Å². The van der Waals surface area contributed by atoms with Gasteiger partial charge in [-0.05, 0) is 17.7 Å². The lowest BCUT2D eigenvalue weighted by Crippen LogP contribution is -2.33. The van der Waals surface area contributed by atoms with Crippen molar-refractivity contribution in [1.82, 2.24) is 9.55 Å². The van der Waals surface area contributed by atoms with E-state index in [9.17, 15) is 4.79 Å². The predicted octanol–water partition coefficient (Wildman–Crippen LogP) is 0.983. The third-order valence-electron chi connectivity index (χ3n) is 3.14. The molecule has 0 aliphatic heterocycles. The highest BCUT2D eigenvalue weighted by Gasteiger charge is 2.15. The number of imidazole rings is 1. The van der Waals surface area contributed by atoms with Crippen LogP contribution >= 0.6 is 0 Å². The number of hydrogen-bond donors (Lipinski definition) is 1. The molecule has 1 atom stereocenters. The summed E-state index contributed by atoms with van der Waals surface area (Å²) in [6.45, 7) is 0.699. The summed E-state index contributed by atoms with van der Waals surface area (Å²) >= 11 is 0. The number of carbonyl (C=O) groups excluding carboxylic acids is 1. The Balaban J connectivity index is 1.97. The molecule has 1 unspecified atom stereocenters. The predicted molar refractivity (Wildman–Crippen MR) is 78.0 cm³/mol. The highest BCUT2D eigenvalue weighted by molar-refractivity contribution is 5.75. The molecule has 1 heterocycles. The van der Waals surface area contributed by atoms with Crippen LogP contribution in [0.2, 0.25) is 0 Å². The molecule has 2 N–H and O–H groups in total. The molecule has 2 rings (SSSR count). The molecule has 0 bridgehead atoms. The summed E-state index contributed by atoms with van der Waals surface area (Å²) in [5.74, 6) is 0.397. The van der Waals surface area contributed by atoms with Gasteiger partial charge in [0.15, 0.2) is 0 Å². The summed E-state index contributed by atoms with van der Waals surface area (Å²) in [4.78, 5) is 15.5. The Morgan fingerprint density at radius 2 is 2.05 bits per heavy atom. The van der Waals surface area contributed by atoms with E-state index in [0.29, 0.717) is 13.0 Å². The molecule has 21 heavy (non-hydrogen) atoms. The second-order valence-electron chi connectivity index (χ2n) is 4.72. The van der Waals surface area contributed by atoms with Crippen molar-refractivity contribution in [3.8, 4) is 5.75 Å². The Morgan fingerprint density at radius 1 is 1.33 bits per heavy atom. The monoisotopic (exact) mass is 289 g/mol. The average molecular weight is 289 g/mol. The van der Waals surface area contributed by atoms with Gasteiger partial charge in [0.05, 0.1) is 26.2 Å². The molecule has 0 fully saturated rings. The number of aromatic nitrogens is 2. The van der Waals surface area contributed by atoms with E-state index >= 15 is 0 Å². The number of hydrogen-bond acceptors (Lipinski definition) is 5. The Hall–Kier alpha value is -2.34. The number of nitrogens with two attached hydrogens (primary N) is 1. The Bertz CT molecular complexity index is 592. The van der Waals surface area contributed by atoms with Gasteiger partial charge in [-0.15, -0.1) is 0 Å². The van der Waals surface area contributed by atoms with Gasteiger partial charge in [0.25, 0.3) is 0 Å². The Labute approximate surface area is 123 Å². The van der Waals surface area contributed by atoms with Crippen molar-refractivity contribution in [3.05, 3.63) is 48.0 Å². The van der Waals surface area contributed by atoms with Crippen LogP contribution in [0.15, 0.2) is 36.8 Å². The maximum atomic E-state index is 11.3. The van der Waals surface area contributed by atoms with Crippen molar-refractivity contribution < 1.29 is 14.3 Å². The number of esters is 1. The fourth-order valence-corrected chi connectivity index (χ4v) is 2.00. The lowest BCUT2D eigenvalue weighted by Gasteiger charge is -2.06. The molecule has 0 spiro atoms. The molecule has 1 aromatic carbocycles. The van der Waals surface area contributed by atoms with E-state index in [1.165, 1.54) is 7.11 Å². The van der Waals surface area contributed by atoms with Crippen molar-refractivity contribution in [2.75, 3.05) is 14.2 Å². The number of nitrogens with zero attached hydrogens (tertiary/aromatic N) is 2. The van der Waals surface area contributed by atoms with Crippen LogP contribution in [0.25, 0.3) is 0 Å². The van der Waals surface area contributed by atoms with Gasteiger partial charge in [-0.25, -0.2) is 4.98 Å². The molecule has 0 saturated carbocycles. The van der Waals surface area contributed by atoms with Crippen LogP contribution in [0.3, 0.4) is 0 Å². The molecule has 0 radical (unpaired) electrons. The number of methoxy groups -OCH3 is 2. The van der Waals surface area contributed by atoms with Crippen molar-refractivity contribution in [2.45, 2.75) is 19.0 Å². The quantitative estimate of drug-likeness (QED) is 0.802. The topological polar surface area (TPSA) is 79.4 Å². The average Bonchev–Trinajstić information content (AvgIpc) is 2.94. The largest absolute Gasteiger partial charge is 0.497 e. The maximum absolute atomic E-state index is 11.3. The standard InChI is InChI=1S/C15H19N3O3/c1-20-13-5-3-11(4-6-13)8-18-9-12(17-10-18)7-14(16)15(19)21-2/h3-6,9-10,14H,7-8,16H2,1-2H3. The lowest BCUT2D eigenvalue weighted by molar-refractivity contribution is -0.142. The van der Waals surface area contributed by atoms with Crippen LogP contribution in [-0.2, 0) is 22.5 Å². The minimum Gasteiger partial charge on any atom is -0.497 e. The zero-order valence-corrected chi connectivity index (χ0v) is 12.2. The van der Waals surface area contributed by atoms with Crippen LogP contribution in [0.4, 0.5) is 0 Å². The summed E-state index contributed by atoms with van der Waals surface area (Å²) in [5.41, 5.74) is 7.62. The van der Waals surface area contributed by atoms with Gasteiger partial charge in [-0.3, -0.25) is 4.79 Å². The molecule has 0 saturated heterocycles. The van der Waals surface area contributed by atoms with E-state index in [2.05, 4.69) is 9.72 Å². The van der Waals surface area contributed by atoms with Crippen LogP contribution < -0.4 is 10.5 Å². The summed E-state index contributed by atoms with van der Waals surface area (Å²) in [7, 11) is 2.96. The maximum Gasteiger partial charge on any atom is 0.323 e.